The van der Waals surface area contributed by atoms with Crippen LogP contribution in [0.1, 0.15) is 16.1 Å². The van der Waals surface area contributed by atoms with Gasteiger partial charge in [-0.1, -0.05) is 12.1 Å². The van der Waals surface area contributed by atoms with Crippen molar-refractivity contribution in [3.8, 4) is 5.75 Å². The number of hydrogen-bond donors (Lipinski definition) is 2. The number of H-pyrrole nitrogens is 1. The van der Waals surface area contributed by atoms with Gasteiger partial charge in [0, 0.05) is 35.8 Å². The number of ether oxygens (including phenoxy) is 1. The molecule has 3 aromatic rings. The lowest BCUT2D eigenvalue weighted by atomic mass is 10.2. The first-order valence-corrected chi connectivity index (χ1v) is 7.19. The van der Waals surface area contributed by atoms with Gasteiger partial charge in [0.05, 0.1) is 0 Å². The number of anilines is 1. The minimum Gasteiger partial charge on any atom is -0.489 e. The molecule has 0 saturated heterocycles. The van der Waals surface area contributed by atoms with Crippen LogP contribution < -0.4 is 15.6 Å². The fraction of sp³-hybridized carbons (Fsp3) is 0.0588. The number of pyridine rings is 1. The van der Waals surface area contributed by atoms with E-state index in [2.05, 4.69) is 20.5 Å². The van der Waals surface area contributed by atoms with Crippen molar-refractivity contribution in [2.75, 3.05) is 5.32 Å². The summed E-state index contributed by atoms with van der Waals surface area (Å²) in [5, 5.41) is 8.60. The molecule has 2 N–H and O–H groups in total. The van der Waals surface area contributed by atoms with Crippen molar-refractivity contribution in [3.63, 3.8) is 0 Å². The molecule has 1 aromatic carbocycles. The first-order valence-electron chi connectivity index (χ1n) is 7.19. The molecule has 2 heterocycles. The highest BCUT2D eigenvalue weighted by molar-refractivity contribution is 6.02. The SMILES string of the molecule is O=C(Nc1cccc(OCc2cccnc2)c1)c1ccc(=O)[nH]n1. The van der Waals surface area contributed by atoms with E-state index in [1.54, 1.807) is 36.7 Å². The molecule has 1 amide bonds. The topological polar surface area (TPSA) is 97.0 Å². The molecule has 120 valence electrons. The summed E-state index contributed by atoms with van der Waals surface area (Å²) >= 11 is 0. The average Bonchev–Trinajstić information content (AvgIpc) is 2.62. The highest BCUT2D eigenvalue weighted by Gasteiger charge is 2.08. The molecule has 0 fully saturated rings. The highest BCUT2D eigenvalue weighted by Crippen LogP contribution is 2.19. The molecular weight excluding hydrogens is 308 g/mol. The molecular formula is C17H14N4O3. The quantitative estimate of drug-likeness (QED) is 0.749. The lowest BCUT2D eigenvalue weighted by molar-refractivity contribution is 0.102. The van der Waals surface area contributed by atoms with Gasteiger partial charge in [-0.3, -0.25) is 14.6 Å². The lowest BCUT2D eigenvalue weighted by Crippen LogP contribution is -2.17. The summed E-state index contributed by atoms with van der Waals surface area (Å²) in [6, 6.07) is 13.4. The average molecular weight is 322 g/mol. The van der Waals surface area contributed by atoms with Crippen molar-refractivity contribution in [1.82, 2.24) is 15.2 Å². The van der Waals surface area contributed by atoms with Crippen molar-refractivity contribution in [2.45, 2.75) is 6.61 Å². The van der Waals surface area contributed by atoms with Crippen LogP contribution in [0.2, 0.25) is 0 Å². The van der Waals surface area contributed by atoms with E-state index in [0.717, 1.165) is 5.56 Å². The third-order valence-corrected chi connectivity index (χ3v) is 3.13. The number of aromatic nitrogens is 3. The van der Waals surface area contributed by atoms with Gasteiger partial charge in [-0.25, -0.2) is 5.10 Å². The van der Waals surface area contributed by atoms with Gasteiger partial charge in [0.15, 0.2) is 0 Å². The Morgan fingerprint density at radius 1 is 1.17 bits per heavy atom. The molecule has 2 aromatic heterocycles. The number of carbonyl (C=O) groups excluding carboxylic acids is 1. The Morgan fingerprint density at radius 3 is 2.83 bits per heavy atom. The second kappa shape index (κ2) is 7.19. The van der Waals surface area contributed by atoms with Gasteiger partial charge in [0.2, 0.25) is 0 Å². The molecule has 0 aliphatic heterocycles. The van der Waals surface area contributed by atoms with Crippen LogP contribution in [0.25, 0.3) is 0 Å². The molecule has 0 atom stereocenters. The number of rotatable bonds is 5. The van der Waals surface area contributed by atoms with E-state index < -0.39 is 5.91 Å². The predicted octanol–water partition coefficient (Wildman–Crippen LogP) is 2.00. The summed E-state index contributed by atoms with van der Waals surface area (Å²) < 4.78 is 5.68. The molecule has 0 spiro atoms. The van der Waals surface area contributed by atoms with E-state index in [1.807, 2.05) is 12.1 Å². The van der Waals surface area contributed by atoms with E-state index in [1.165, 1.54) is 12.1 Å². The molecule has 0 saturated carbocycles. The number of amides is 1. The Balaban J connectivity index is 1.65. The van der Waals surface area contributed by atoms with Crippen LogP contribution in [-0.4, -0.2) is 21.1 Å². The third-order valence-electron chi connectivity index (χ3n) is 3.13. The second-order valence-electron chi connectivity index (χ2n) is 4.94. The number of nitrogens with one attached hydrogen (secondary N) is 2. The van der Waals surface area contributed by atoms with Gasteiger partial charge < -0.3 is 10.1 Å². The number of carbonyl (C=O) groups is 1. The molecule has 0 radical (unpaired) electrons. The fourth-order valence-electron chi connectivity index (χ4n) is 1.98. The summed E-state index contributed by atoms with van der Waals surface area (Å²) in [6.07, 6.45) is 3.43. The van der Waals surface area contributed by atoms with Crippen LogP contribution in [0, 0.1) is 0 Å². The van der Waals surface area contributed by atoms with Crippen molar-refractivity contribution in [1.29, 1.82) is 0 Å². The van der Waals surface area contributed by atoms with Crippen molar-refractivity contribution in [2.24, 2.45) is 0 Å². The molecule has 0 aliphatic carbocycles. The number of nitrogens with zero attached hydrogens (tertiary/aromatic N) is 2. The maximum atomic E-state index is 12.1. The summed E-state index contributed by atoms with van der Waals surface area (Å²) in [5.41, 5.74) is 1.27. The summed E-state index contributed by atoms with van der Waals surface area (Å²) in [7, 11) is 0. The van der Waals surface area contributed by atoms with Crippen LogP contribution in [-0.2, 0) is 6.61 Å². The Morgan fingerprint density at radius 2 is 2.08 bits per heavy atom. The van der Waals surface area contributed by atoms with Crippen LogP contribution in [0.3, 0.4) is 0 Å². The monoisotopic (exact) mass is 322 g/mol. The summed E-state index contributed by atoms with van der Waals surface area (Å²) in [5.74, 6) is 0.196. The lowest BCUT2D eigenvalue weighted by Gasteiger charge is -2.09. The molecule has 0 bridgehead atoms. The molecule has 24 heavy (non-hydrogen) atoms. The van der Waals surface area contributed by atoms with E-state index in [4.69, 9.17) is 4.74 Å². The first kappa shape index (κ1) is 15.4. The largest absolute Gasteiger partial charge is 0.489 e. The van der Waals surface area contributed by atoms with E-state index in [0.29, 0.717) is 18.0 Å². The van der Waals surface area contributed by atoms with Gasteiger partial charge in [0.25, 0.3) is 11.5 Å². The maximum Gasteiger partial charge on any atom is 0.276 e. The minimum absolute atomic E-state index is 0.122. The van der Waals surface area contributed by atoms with Gasteiger partial charge in [-0.2, -0.15) is 5.10 Å². The minimum atomic E-state index is -0.421. The van der Waals surface area contributed by atoms with E-state index >= 15 is 0 Å². The Hall–Kier alpha value is -3.48. The van der Waals surface area contributed by atoms with Crippen LogP contribution in [0.15, 0.2) is 65.7 Å². The molecule has 0 unspecified atom stereocenters. The zero-order chi connectivity index (χ0) is 16.8. The van der Waals surface area contributed by atoms with Crippen LogP contribution in [0.4, 0.5) is 5.69 Å². The van der Waals surface area contributed by atoms with E-state index in [-0.39, 0.29) is 11.3 Å². The van der Waals surface area contributed by atoms with Gasteiger partial charge in [0.1, 0.15) is 18.1 Å². The standard InChI is InChI=1S/C17H14N4O3/c22-16-7-6-15(20-21-16)17(23)19-13-4-1-5-14(9-13)24-11-12-3-2-8-18-10-12/h1-10H,11H2,(H,19,23)(H,21,22). The van der Waals surface area contributed by atoms with Crippen molar-refractivity contribution in [3.05, 3.63) is 82.5 Å². The van der Waals surface area contributed by atoms with Crippen molar-refractivity contribution >= 4 is 11.6 Å². The summed E-state index contributed by atoms with van der Waals surface area (Å²) in [6.45, 7) is 0.382. The van der Waals surface area contributed by atoms with Gasteiger partial charge in [-0.15, -0.1) is 0 Å². The molecule has 3 rings (SSSR count). The van der Waals surface area contributed by atoms with Gasteiger partial charge in [-0.05, 0) is 24.3 Å². The number of benzene rings is 1. The zero-order valence-corrected chi connectivity index (χ0v) is 12.6. The molecule has 7 nitrogen and oxygen atoms in total. The zero-order valence-electron chi connectivity index (χ0n) is 12.6. The fourth-order valence-corrected chi connectivity index (χ4v) is 1.98. The molecule has 0 aliphatic rings. The first-order chi connectivity index (χ1) is 11.7. The number of aromatic amines is 1. The molecule has 7 heteroatoms. The summed E-state index contributed by atoms with van der Waals surface area (Å²) in [4.78, 5) is 27.1. The maximum absolute atomic E-state index is 12.1. The Kier molecular flexibility index (Phi) is 4.62. The van der Waals surface area contributed by atoms with Crippen LogP contribution in [0.5, 0.6) is 5.75 Å². The number of hydrogen-bond acceptors (Lipinski definition) is 5. The van der Waals surface area contributed by atoms with Gasteiger partial charge >= 0.3 is 0 Å². The Labute approximate surface area is 137 Å². The highest BCUT2D eigenvalue weighted by atomic mass is 16.5. The normalized spacial score (nSPS) is 10.2. The predicted molar refractivity (Wildman–Crippen MR) is 87.8 cm³/mol. The van der Waals surface area contributed by atoms with Crippen LogP contribution >= 0.6 is 0 Å². The van der Waals surface area contributed by atoms with E-state index in [9.17, 15) is 9.59 Å². The third kappa shape index (κ3) is 4.04. The van der Waals surface area contributed by atoms with Crippen molar-refractivity contribution < 1.29 is 9.53 Å². The second-order valence-corrected chi connectivity index (χ2v) is 4.94. The smallest absolute Gasteiger partial charge is 0.276 e. The Bertz CT molecular complexity index is 873.